The molecule has 0 saturated carbocycles. The lowest BCUT2D eigenvalue weighted by Gasteiger charge is -2.05. The average molecular weight is 369 g/mol. The minimum atomic E-state index is -4.27. The first-order chi connectivity index (χ1) is 12.3. The van der Waals surface area contributed by atoms with Gasteiger partial charge < -0.3 is 4.55 Å². The molecule has 0 aliphatic rings. The molecule has 3 aromatic rings. The molecule has 0 fully saturated rings. The fraction of sp³-hybridized carbons (Fsp3) is 0.100. The van der Waals surface area contributed by atoms with Crippen LogP contribution in [0.3, 0.4) is 0 Å². The third-order valence-electron chi connectivity index (χ3n) is 3.59. The van der Waals surface area contributed by atoms with E-state index in [4.69, 9.17) is 0 Å². The molecular formula is C20H19NO4S. The van der Waals surface area contributed by atoms with Crippen LogP contribution in [0.2, 0.25) is 0 Å². The Kier molecular flexibility index (Phi) is 6.38. The van der Waals surface area contributed by atoms with E-state index in [0.29, 0.717) is 0 Å². The zero-order valence-electron chi connectivity index (χ0n) is 14.5. The molecule has 0 radical (unpaired) electrons. The van der Waals surface area contributed by atoms with Crippen LogP contribution < -0.4 is 4.57 Å². The summed E-state index contributed by atoms with van der Waals surface area (Å²) in [6.07, 6.45) is 3.74. The largest absolute Gasteiger partial charge is 0.744 e. The Balaban J connectivity index is 0.000000197. The number of hydrogen-bond donors (Lipinski definition) is 0. The summed E-state index contributed by atoms with van der Waals surface area (Å²) in [5.74, 6) is 0.0659. The van der Waals surface area contributed by atoms with Crippen LogP contribution in [0, 0.1) is 6.92 Å². The van der Waals surface area contributed by atoms with Gasteiger partial charge in [0.25, 0.3) is 0 Å². The van der Waals surface area contributed by atoms with Gasteiger partial charge in [-0.3, -0.25) is 4.79 Å². The third kappa shape index (κ3) is 5.61. The molecule has 26 heavy (non-hydrogen) atoms. The number of aromatic nitrogens is 1. The van der Waals surface area contributed by atoms with Crippen molar-refractivity contribution in [1.29, 1.82) is 0 Å². The fourth-order valence-electron chi connectivity index (χ4n) is 2.11. The minimum absolute atomic E-state index is 0.0659. The third-order valence-corrected chi connectivity index (χ3v) is 4.44. The van der Waals surface area contributed by atoms with Crippen molar-refractivity contribution in [3.05, 3.63) is 95.8 Å². The number of nitrogens with zero attached hydrogens (tertiary/aromatic N) is 1. The normalized spacial score (nSPS) is 10.6. The standard InChI is InChI=1S/C13H12NO.C7H8O3S/c1-14-9-7-12(8-10-14)13(15)11-5-3-2-4-6-11;1-6-2-4-7(5-3-6)11(8,9)10/h2-10H,1H3;2-5H,1H3,(H,8,9,10)/q+1;/p-1. The van der Waals surface area contributed by atoms with Crippen LogP contribution in [0.4, 0.5) is 0 Å². The van der Waals surface area contributed by atoms with E-state index >= 15 is 0 Å². The zero-order chi connectivity index (χ0) is 19.2. The minimum Gasteiger partial charge on any atom is -0.744 e. The Morgan fingerprint density at radius 1 is 0.846 bits per heavy atom. The molecule has 0 aliphatic carbocycles. The zero-order valence-corrected chi connectivity index (χ0v) is 15.3. The molecule has 0 bridgehead atoms. The van der Waals surface area contributed by atoms with Crippen molar-refractivity contribution in [1.82, 2.24) is 0 Å². The van der Waals surface area contributed by atoms with Crippen LogP contribution in [-0.2, 0) is 17.2 Å². The van der Waals surface area contributed by atoms with Crippen LogP contribution >= 0.6 is 0 Å². The maximum absolute atomic E-state index is 11.9. The summed E-state index contributed by atoms with van der Waals surface area (Å²) in [5, 5.41) is 0. The molecule has 2 aromatic carbocycles. The highest BCUT2D eigenvalue weighted by molar-refractivity contribution is 7.85. The van der Waals surface area contributed by atoms with Crippen molar-refractivity contribution < 1.29 is 22.3 Å². The smallest absolute Gasteiger partial charge is 0.193 e. The number of hydrogen-bond acceptors (Lipinski definition) is 4. The van der Waals surface area contributed by atoms with E-state index in [2.05, 4.69) is 0 Å². The monoisotopic (exact) mass is 369 g/mol. The molecule has 0 saturated heterocycles. The summed E-state index contributed by atoms with van der Waals surface area (Å²) in [4.78, 5) is 11.8. The van der Waals surface area contributed by atoms with Gasteiger partial charge in [0, 0.05) is 23.3 Å². The lowest BCUT2D eigenvalue weighted by Crippen LogP contribution is -2.26. The number of rotatable bonds is 3. The van der Waals surface area contributed by atoms with Crippen molar-refractivity contribution in [3.8, 4) is 0 Å². The van der Waals surface area contributed by atoms with Gasteiger partial charge >= 0.3 is 0 Å². The molecule has 0 spiro atoms. The molecule has 0 N–H and O–H groups in total. The van der Waals surface area contributed by atoms with Gasteiger partial charge in [-0.05, 0) is 19.1 Å². The first-order valence-electron chi connectivity index (χ1n) is 7.85. The molecule has 1 aromatic heterocycles. The summed E-state index contributed by atoms with van der Waals surface area (Å²) < 4.78 is 33.1. The lowest BCUT2D eigenvalue weighted by molar-refractivity contribution is -0.671. The van der Waals surface area contributed by atoms with Gasteiger partial charge in [-0.15, -0.1) is 0 Å². The fourth-order valence-corrected chi connectivity index (χ4v) is 2.58. The molecule has 0 atom stereocenters. The maximum Gasteiger partial charge on any atom is 0.193 e. The summed E-state index contributed by atoms with van der Waals surface area (Å²) in [7, 11) is -2.34. The van der Waals surface area contributed by atoms with Crippen LogP contribution in [0.5, 0.6) is 0 Å². The van der Waals surface area contributed by atoms with E-state index in [1.54, 1.807) is 12.1 Å². The number of ketones is 1. The van der Waals surface area contributed by atoms with E-state index in [0.717, 1.165) is 16.7 Å². The summed E-state index contributed by atoms with van der Waals surface area (Å²) in [6.45, 7) is 1.82. The van der Waals surface area contributed by atoms with Gasteiger partial charge in [-0.2, -0.15) is 0 Å². The van der Waals surface area contributed by atoms with Crippen LogP contribution in [0.25, 0.3) is 0 Å². The van der Waals surface area contributed by atoms with Gasteiger partial charge in [-0.1, -0.05) is 48.0 Å². The second-order valence-corrected chi connectivity index (χ2v) is 7.09. The topological polar surface area (TPSA) is 78.1 Å². The van der Waals surface area contributed by atoms with Crippen LogP contribution in [-0.4, -0.2) is 18.8 Å². The number of aryl methyl sites for hydroxylation is 2. The number of pyridine rings is 1. The highest BCUT2D eigenvalue weighted by Gasteiger charge is 2.08. The Hall–Kier alpha value is -2.83. The van der Waals surface area contributed by atoms with E-state index in [-0.39, 0.29) is 10.7 Å². The molecule has 5 nitrogen and oxygen atoms in total. The SMILES string of the molecule is C[n+]1ccc(C(=O)c2ccccc2)cc1.Cc1ccc(S(=O)(=O)[O-])cc1. The quantitative estimate of drug-likeness (QED) is 0.404. The first-order valence-corrected chi connectivity index (χ1v) is 9.26. The lowest BCUT2D eigenvalue weighted by atomic mass is 10.1. The number of benzene rings is 2. The molecule has 0 unspecified atom stereocenters. The second-order valence-electron chi connectivity index (χ2n) is 5.71. The summed E-state index contributed by atoms with van der Waals surface area (Å²) in [5.41, 5.74) is 2.38. The first kappa shape index (κ1) is 19.5. The van der Waals surface area contributed by atoms with Crippen LogP contribution in [0.1, 0.15) is 21.5 Å². The van der Waals surface area contributed by atoms with Gasteiger partial charge in [-0.25, -0.2) is 13.0 Å². The van der Waals surface area contributed by atoms with E-state index in [1.165, 1.54) is 12.1 Å². The molecule has 134 valence electrons. The molecule has 0 amide bonds. The van der Waals surface area contributed by atoms with Gasteiger partial charge in [0.15, 0.2) is 18.2 Å². The van der Waals surface area contributed by atoms with E-state index < -0.39 is 10.1 Å². The highest BCUT2D eigenvalue weighted by Crippen LogP contribution is 2.08. The molecule has 1 heterocycles. The Morgan fingerprint density at radius 2 is 1.35 bits per heavy atom. The van der Waals surface area contributed by atoms with E-state index in [9.17, 15) is 17.8 Å². The van der Waals surface area contributed by atoms with Crippen molar-refractivity contribution in [2.45, 2.75) is 11.8 Å². The van der Waals surface area contributed by atoms with Gasteiger partial charge in [0.05, 0.1) is 4.90 Å². The molecule has 0 aliphatic heterocycles. The summed E-state index contributed by atoms with van der Waals surface area (Å²) >= 11 is 0. The molecule has 6 heteroatoms. The van der Waals surface area contributed by atoms with Crippen LogP contribution in [0.15, 0.2) is 84.0 Å². The predicted octanol–water partition coefficient (Wildman–Crippen LogP) is 2.64. The number of carbonyl (C=O) groups is 1. The Morgan fingerprint density at radius 3 is 1.85 bits per heavy atom. The molecular weight excluding hydrogens is 350 g/mol. The number of carbonyl (C=O) groups excluding carboxylic acids is 1. The van der Waals surface area contributed by atoms with Crippen molar-refractivity contribution in [3.63, 3.8) is 0 Å². The van der Waals surface area contributed by atoms with E-state index in [1.807, 2.05) is 73.4 Å². The van der Waals surface area contributed by atoms with Crippen molar-refractivity contribution >= 4 is 15.9 Å². The second kappa shape index (κ2) is 8.51. The van der Waals surface area contributed by atoms with Gasteiger partial charge in [0.1, 0.15) is 17.2 Å². The summed E-state index contributed by atoms with van der Waals surface area (Å²) in [6, 6.07) is 18.7. The van der Waals surface area contributed by atoms with Crippen molar-refractivity contribution in [2.24, 2.45) is 7.05 Å². The highest BCUT2D eigenvalue weighted by atomic mass is 32.2. The Labute approximate surface area is 153 Å². The molecule has 3 rings (SSSR count). The average Bonchev–Trinajstić information content (AvgIpc) is 2.63. The van der Waals surface area contributed by atoms with Gasteiger partial charge in [0.2, 0.25) is 0 Å². The predicted molar refractivity (Wildman–Crippen MR) is 96.6 cm³/mol. The van der Waals surface area contributed by atoms with Crippen molar-refractivity contribution in [2.75, 3.05) is 0 Å². The Bertz CT molecular complexity index is 965. The maximum atomic E-state index is 11.9.